The molecule has 1 aliphatic heterocycles. The van der Waals surface area contributed by atoms with Crippen LogP contribution in [0.15, 0.2) is 76.6 Å². The van der Waals surface area contributed by atoms with Gasteiger partial charge in [-0.3, -0.25) is 4.79 Å². The Balaban J connectivity index is 1.53. The van der Waals surface area contributed by atoms with E-state index in [0.29, 0.717) is 34.7 Å². The molecule has 0 aromatic heterocycles. The predicted molar refractivity (Wildman–Crippen MR) is 123 cm³/mol. The Morgan fingerprint density at radius 1 is 1.03 bits per heavy atom. The van der Waals surface area contributed by atoms with E-state index in [1.165, 1.54) is 6.26 Å². The maximum atomic E-state index is 13.1. The average Bonchev–Trinajstić information content (AvgIpc) is 3.31. The molecule has 0 saturated carbocycles. The Morgan fingerprint density at radius 3 is 2.50 bits per heavy atom. The summed E-state index contributed by atoms with van der Waals surface area (Å²) >= 11 is 0. The van der Waals surface area contributed by atoms with Crippen molar-refractivity contribution in [3.05, 3.63) is 94.1 Å². The number of hydrogen-bond donors (Lipinski definition) is 0. The lowest BCUT2D eigenvalue weighted by atomic mass is 9.98. The quantitative estimate of drug-likeness (QED) is 0.109. The van der Waals surface area contributed by atoms with Gasteiger partial charge in [0.05, 0.1) is 13.2 Å². The Labute approximate surface area is 194 Å². The van der Waals surface area contributed by atoms with Crippen molar-refractivity contribution in [2.45, 2.75) is 13.5 Å². The maximum absolute atomic E-state index is 13.1. The Hall–Kier alpha value is -4.62. The van der Waals surface area contributed by atoms with Crippen LogP contribution in [-0.2, 0) is 16.1 Å². The number of hydrogen-bond acceptors (Lipinski definition) is 7. The first-order valence-corrected chi connectivity index (χ1v) is 10.5. The summed E-state index contributed by atoms with van der Waals surface area (Å²) in [6.45, 7) is 2.09. The van der Waals surface area contributed by atoms with Crippen molar-refractivity contribution < 1.29 is 23.6 Å². The van der Waals surface area contributed by atoms with Crippen LogP contribution < -0.4 is 4.74 Å². The van der Waals surface area contributed by atoms with Gasteiger partial charge in [0.2, 0.25) is 0 Å². The highest BCUT2D eigenvalue weighted by Gasteiger charge is 2.22. The fourth-order valence-corrected chi connectivity index (χ4v) is 3.50. The average molecular weight is 456 g/mol. The number of aromatic nitrogens is 1. The number of fused-ring (bicyclic) bond motifs is 1. The van der Waals surface area contributed by atoms with Crippen LogP contribution in [0.25, 0.3) is 32.8 Å². The minimum absolute atomic E-state index is 0.152. The molecule has 0 bridgehead atoms. The zero-order valence-electron chi connectivity index (χ0n) is 18.3. The summed E-state index contributed by atoms with van der Waals surface area (Å²) in [6, 6.07) is 17.6. The van der Waals surface area contributed by atoms with Gasteiger partial charge in [0.15, 0.2) is 12.4 Å². The van der Waals surface area contributed by atoms with Crippen LogP contribution in [0.3, 0.4) is 0 Å². The van der Waals surface area contributed by atoms with Crippen molar-refractivity contribution in [3.8, 4) is 28.1 Å². The topological polar surface area (TPSA) is 127 Å². The molecule has 0 atom stereocenters. The highest BCUT2D eigenvalue weighted by molar-refractivity contribution is 6.14. The lowest BCUT2D eigenvalue weighted by Gasteiger charge is -2.09. The van der Waals surface area contributed by atoms with E-state index in [1.807, 2.05) is 6.07 Å². The SMILES string of the molecule is CCOC(=O)COc1ccc(-c2nocc3c(C(=O)c4ccc(CN=[N+]=[N-])cc4)ccc2-3)cc1. The smallest absolute Gasteiger partial charge is 0.344 e. The molecule has 170 valence electrons. The minimum Gasteiger partial charge on any atom is -0.482 e. The lowest BCUT2D eigenvalue weighted by molar-refractivity contribution is -0.145. The van der Waals surface area contributed by atoms with Crippen LogP contribution in [0.2, 0.25) is 0 Å². The van der Waals surface area contributed by atoms with Crippen LogP contribution in [0.4, 0.5) is 0 Å². The molecule has 0 unspecified atom stereocenters. The number of rotatable bonds is 9. The van der Waals surface area contributed by atoms with Gasteiger partial charge in [-0.2, -0.15) is 0 Å². The van der Waals surface area contributed by atoms with Gasteiger partial charge in [0, 0.05) is 32.7 Å². The van der Waals surface area contributed by atoms with E-state index in [9.17, 15) is 9.59 Å². The summed E-state index contributed by atoms with van der Waals surface area (Å²) in [7, 11) is 0. The first kappa shape index (κ1) is 22.6. The number of ketones is 1. The molecule has 0 amide bonds. The van der Waals surface area contributed by atoms with Crippen molar-refractivity contribution in [1.29, 1.82) is 0 Å². The molecule has 0 spiro atoms. The minimum atomic E-state index is -0.434. The molecule has 1 aliphatic carbocycles. The first-order valence-electron chi connectivity index (χ1n) is 10.5. The number of azide groups is 1. The molecule has 0 N–H and O–H groups in total. The first-order chi connectivity index (χ1) is 16.6. The van der Waals surface area contributed by atoms with Gasteiger partial charge in [-0.1, -0.05) is 40.6 Å². The third kappa shape index (κ3) is 4.90. The monoisotopic (exact) mass is 456 g/mol. The molecule has 0 fully saturated rings. The molecular formula is C25H20N4O5. The van der Waals surface area contributed by atoms with Gasteiger partial charge in [-0.25, -0.2) is 4.79 Å². The third-order valence-electron chi connectivity index (χ3n) is 5.13. The summed E-state index contributed by atoms with van der Waals surface area (Å²) in [5, 5.41) is 7.67. The lowest BCUT2D eigenvalue weighted by Crippen LogP contribution is -2.14. The Bertz CT molecular complexity index is 1320. The van der Waals surface area contributed by atoms with Crippen molar-refractivity contribution in [3.63, 3.8) is 0 Å². The maximum Gasteiger partial charge on any atom is 0.344 e. The van der Waals surface area contributed by atoms with Gasteiger partial charge >= 0.3 is 5.97 Å². The van der Waals surface area contributed by atoms with Gasteiger partial charge in [0.25, 0.3) is 0 Å². The van der Waals surface area contributed by atoms with Crippen LogP contribution in [-0.4, -0.2) is 30.1 Å². The highest BCUT2D eigenvalue weighted by Crippen LogP contribution is 2.37. The Morgan fingerprint density at radius 2 is 1.79 bits per heavy atom. The fourth-order valence-electron chi connectivity index (χ4n) is 3.50. The van der Waals surface area contributed by atoms with Gasteiger partial charge < -0.3 is 14.0 Å². The zero-order valence-corrected chi connectivity index (χ0v) is 18.3. The summed E-state index contributed by atoms with van der Waals surface area (Å²) in [4.78, 5) is 27.3. The summed E-state index contributed by atoms with van der Waals surface area (Å²) < 4.78 is 15.6. The molecule has 0 radical (unpaired) electrons. The van der Waals surface area contributed by atoms with Crippen LogP contribution in [0.1, 0.15) is 28.4 Å². The van der Waals surface area contributed by atoms with Crippen LogP contribution in [0, 0.1) is 0 Å². The number of esters is 1. The number of carbonyl (C=O) groups is 2. The molecule has 0 saturated heterocycles. The van der Waals surface area contributed by atoms with E-state index >= 15 is 0 Å². The van der Waals surface area contributed by atoms with Gasteiger partial charge in [0.1, 0.15) is 17.7 Å². The number of carbonyl (C=O) groups excluding carboxylic acids is 2. The van der Waals surface area contributed by atoms with Crippen molar-refractivity contribution >= 4 is 11.8 Å². The summed E-state index contributed by atoms with van der Waals surface area (Å²) in [5.41, 5.74) is 13.0. The van der Waals surface area contributed by atoms with Crippen molar-refractivity contribution in [2.24, 2.45) is 5.11 Å². The van der Waals surface area contributed by atoms with Gasteiger partial charge in [-0.15, -0.1) is 0 Å². The molecule has 2 aromatic carbocycles. The van der Waals surface area contributed by atoms with E-state index in [-0.39, 0.29) is 18.9 Å². The molecule has 34 heavy (non-hydrogen) atoms. The van der Waals surface area contributed by atoms with Gasteiger partial charge in [-0.05, 0) is 48.4 Å². The van der Waals surface area contributed by atoms with Crippen LogP contribution >= 0.6 is 0 Å². The molecule has 2 aromatic rings. The molecule has 1 heterocycles. The fraction of sp³-hybridized carbons (Fsp3) is 0.160. The predicted octanol–water partition coefficient (Wildman–Crippen LogP) is 5.43. The van der Waals surface area contributed by atoms with E-state index in [0.717, 1.165) is 16.7 Å². The van der Waals surface area contributed by atoms with E-state index in [4.69, 9.17) is 19.5 Å². The second-order valence-corrected chi connectivity index (χ2v) is 7.27. The summed E-state index contributed by atoms with van der Waals surface area (Å²) in [5.74, 6) is -0.0697. The molecule has 4 rings (SSSR count). The standard InChI is InChI=1S/C25H20N4O5/c1-2-32-23(30)15-33-19-9-7-17(8-10-19)24-20-11-12-21(22(20)14-34-28-24)25(31)18-5-3-16(4-6-18)13-27-29-26/h3-12,14H,2,13,15H2,1H3. The van der Waals surface area contributed by atoms with E-state index < -0.39 is 5.97 Å². The second-order valence-electron chi connectivity index (χ2n) is 7.27. The van der Waals surface area contributed by atoms with Crippen LogP contribution in [0.5, 0.6) is 5.75 Å². The number of ether oxygens (including phenoxy) is 2. The molecule has 9 nitrogen and oxygen atoms in total. The van der Waals surface area contributed by atoms with Crippen molar-refractivity contribution in [2.75, 3.05) is 13.2 Å². The van der Waals surface area contributed by atoms with E-state index in [1.54, 1.807) is 61.5 Å². The second kappa shape index (κ2) is 10.3. The normalized spacial score (nSPS) is 10.5. The Kier molecular flexibility index (Phi) is 6.86. The summed E-state index contributed by atoms with van der Waals surface area (Å²) in [6.07, 6.45) is 1.46. The highest BCUT2D eigenvalue weighted by atomic mass is 16.6. The molecule has 2 aliphatic rings. The number of benzene rings is 2. The van der Waals surface area contributed by atoms with Crippen molar-refractivity contribution in [1.82, 2.24) is 5.16 Å². The third-order valence-corrected chi connectivity index (χ3v) is 5.13. The number of nitrogens with zero attached hydrogens (tertiary/aromatic N) is 4. The van der Waals surface area contributed by atoms with E-state index in [2.05, 4.69) is 15.2 Å². The largest absolute Gasteiger partial charge is 0.482 e. The molecular weight excluding hydrogens is 436 g/mol. The molecule has 9 heteroatoms. The zero-order chi connectivity index (χ0) is 23.9.